The van der Waals surface area contributed by atoms with E-state index in [1.807, 2.05) is 6.07 Å². The van der Waals surface area contributed by atoms with Gasteiger partial charge < -0.3 is 16.2 Å². The van der Waals surface area contributed by atoms with E-state index >= 15 is 0 Å². The molecular weight excluding hydrogens is 480 g/mol. The zero-order valence-electron chi connectivity index (χ0n) is 25.3. The lowest BCUT2D eigenvalue weighted by atomic mass is 9.47. The van der Waals surface area contributed by atoms with Crippen molar-refractivity contribution in [2.75, 3.05) is 11.5 Å². The number of esters is 1. The summed E-state index contributed by atoms with van der Waals surface area (Å²) in [5.74, 6) is 4.90. The second-order valence-electron chi connectivity index (χ2n) is 14.8. The molecule has 1 aromatic rings. The Hall–Kier alpha value is -1.97. The molecule has 0 spiro atoms. The number of anilines is 2. The van der Waals surface area contributed by atoms with E-state index in [2.05, 4.69) is 40.7 Å². The highest BCUT2D eigenvalue weighted by atomic mass is 16.5. The molecule has 3 fully saturated rings. The molecule has 8 unspecified atom stereocenters. The van der Waals surface area contributed by atoms with Gasteiger partial charge in [-0.05, 0) is 109 Å². The molecule has 1 aromatic carbocycles. The van der Waals surface area contributed by atoms with Gasteiger partial charge in [-0.1, -0.05) is 71.6 Å². The van der Waals surface area contributed by atoms with Crippen LogP contribution in [-0.4, -0.2) is 12.1 Å². The van der Waals surface area contributed by atoms with Crippen LogP contribution in [0, 0.1) is 46.3 Å². The Morgan fingerprint density at radius 2 is 1.82 bits per heavy atom. The van der Waals surface area contributed by atoms with Crippen molar-refractivity contribution < 1.29 is 9.53 Å². The van der Waals surface area contributed by atoms with Gasteiger partial charge in [-0.3, -0.25) is 4.79 Å². The molecule has 4 aliphatic rings. The summed E-state index contributed by atoms with van der Waals surface area (Å²) >= 11 is 0. The monoisotopic (exact) mass is 534 g/mol. The van der Waals surface area contributed by atoms with Gasteiger partial charge >= 0.3 is 5.97 Å². The summed E-state index contributed by atoms with van der Waals surface area (Å²) in [5, 5.41) is 0. The predicted octanol–water partition coefficient (Wildman–Crippen LogP) is 8.35. The van der Waals surface area contributed by atoms with Crippen molar-refractivity contribution in [1.82, 2.24) is 0 Å². The van der Waals surface area contributed by atoms with Gasteiger partial charge in [-0.2, -0.15) is 0 Å². The number of nitrogen functional groups attached to an aromatic ring is 2. The Kier molecular flexibility index (Phi) is 8.15. The molecule has 0 heterocycles. The van der Waals surface area contributed by atoms with Gasteiger partial charge in [0, 0.05) is 17.8 Å². The molecule has 4 aliphatic carbocycles. The summed E-state index contributed by atoms with van der Waals surface area (Å²) in [6.45, 7) is 12.5. The van der Waals surface area contributed by atoms with Crippen molar-refractivity contribution in [3.05, 3.63) is 35.4 Å². The summed E-state index contributed by atoms with van der Waals surface area (Å²) in [7, 11) is 0. The third-order valence-electron chi connectivity index (χ3n) is 12.1. The number of fused-ring (bicyclic) bond motifs is 5. The summed E-state index contributed by atoms with van der Waals surface area (Å²) < 4.78 is 6.02. The van der Waals surface area contributed by atoms with Crippen LogP contribution in [0.3, 0.4) is 0 Å². The van der Waals surface area contributed by atoms with Gasteiger partial charge in [0.1, 0.15) is 6.10 Å². The Balaban J connectivity index is 1.22. The van der Waals surface area contributed by atoms with Crippen LogP contribution in [0.2, 0.25) is 0 Å². The van der Waals surface area contributed by atoms with Gasteiger partial charge in [-0.25, -0.2) is 0 Å². The smallest absolute Gasteiger partial charge is 0.310 e. The number of carbonyl (C=O) groups excluding carboxylic acids is 1. The molecular formula is C35H54N2O2. The average Bonchev–Trinajstić information content (AvgIpc) is 3.23. The predicted molar refractivity (Wildman–Crippen MR) is 162 cm³/mol. The molecule has 3 saturated carbocycles. The van der Waals surface area contributed by atoms with Crippen LogP contribution in [0.5, 0.6) is 0 Å². The quantitative estimate of drug-likeness (QED) is 0.200. The highest BCUT2D eigenvalue weighted by Crippen LogP contribution is 2.67. The van der Waals surface area contributed by atoms with Crippen molar-refractivity contribution in [1.29, 1.82) is 0 Å². The largest absolute Gasteiger partial charge is 0.462 e. The minimum Gasteiger partial charge on any atom is -0.462 e. The molecule has 4 heteroatoms. The molecule has 0 aliphatic heterocycles. The van der Waals surface area contributed by atoms with Crippen LogP contribution in [-0.2, 0) is 16.0 Å². The molecule has 4 nitrogen and oxygen atoms in total. The van der Waals surface area contributed by atoms with E-state index in [1.165, 1.54) is 51.4 Å². The number of ether oxygens (including phenoxy) is 1. The van der Waals surface area contributed by atoms with E-state index < -0.39 is 0 Å². The fraction of sp³-hybridized carbons (Fsp3) is 0.743. The van der Waals surface area contributed by atoms with Crippen molar-refractivity contribution >= 4 is 17.3 Å². The van der Waals surface area contributed by atoms with Crippen molar-refractivity contribution in [2.24, 2.45) is 46.3 Å². The zero-order chi connectivity index (χ0) is 27.9. The van der Waals surface area contributed by atoms with Crippen molar-refractivity contribution in [2.45, 2.75) is 118 Å². The SMILES string of the molecule is CC(C)CCCC(C)C1CCC2C3CC=C4CC(OC(=O)Cc5ccc(N)cc5N)CCC4(C)C3CCC12C. The normalized spacial score (nSPS) is 36.5. The summed E-state index contributed by atoms with van der Waals surface area (Å²) in [5.41, 5.74) is 16.2. The summed E-state index contributed by atoms with van der Waals surface area (Å²) in [6, 6.07) is 5.35. The number of nitrogens with two attached hydrogens (primary N) is 2. The molecule has 8 atom stereocenters. The Bertz CT molecular complexity index is 1080. The molecule has 5 rings (SSSR count). The van der Waals surface area contributed by atoms with Gasteiger partial charge in [-0.15, -0.1) is 0 Å². The van der Waals surface area contributed by atoms with Crippen LogP contribution < -0.4 is 11.5 Å². The van der Waals surface area contributed by atoms with Crippen LogP contribution in [0.1, 0.15) is 111 Å². The minimum atomic E-state index is -0.178. The standard InChI is InChI=1S/C35H54N2O2/c1-22(2)7-6-8-23(3)29-13-14-30-28-12-10-25-20-27(15-17-34(25,4)31(28)16-18-35(29,30)5)39-33(38)19-24-9-11-26(36)21-32(24)37/h9-11,21-23,27-31H,6-8,12-20,36-37H2,1-5H3. The van der Waals surface area contributed by atoms with E-state index in [0.717, 1.165) is 60.3 Å². The van der Waals surface area contributed by atoms with E-state index in [4.69, 9.17) is 16.2 Å². The second-order valence-corrected chi connectivity index (χ2v) is 14.8. The first-order valence-corrected chi connectivity index (χ1v) is 16.0. The number of hydrogen-bond acceptors (Lipinski definition) is 4. The lowest BCUT2D eigenvalue weighted by Gasteiger charge is -2.58. The van der Waals surface area contributed by atoms with Gasteiger partial charge in [0.25, 0.3) is 0 Å². The third kappa shape index (κ3) is 5.51. The second kappa shape index (κ2) is 11.1. The molecule has 39 heavy (non-hydrogen) atoms. The first kappa shape index (κ1) is 28.6. The maximum absolute atomic E-state index is 12.8. The van der Waals surface area contributed by atoms with Gasteiger partial charge in [0.15, 0.2) is 0 Å². The van der Waals surface area contributed by atoms with E-state index in [1.54, 1.807) is 17.7 Å². The first-order valence-electron chi connectivity index (χ1n) is 16.0. The highest BCUT2D eigenvalue weighted by Gasteiger charge is 2.59. The number of hydrogen-bond donors (Lipinski definition) is 2. The molecule has 0 aromatic heterocycles. The van der Waals surface area contributed by atoms with Crippen LogP contribution in [0.15, 0.2) is 29.8 Å². The molecule has 0 amide bonds. The molecule has 216 valence electrons. The van der Waals surface area contributed by atoms with Crippen molar-refractivity contribution in [3.8, 4) is 0 Å². The highest BCUT2D eigenvalue weighted by molar-refractivity contribution is 5.75. The number of carbonyl (C=O) groups is 1. The number of allylic oxidation sites excluding steroid dienone is 1. The Labute approximate surface area is 237 Å². The molecule has 0 bridgehead atoms. The Morgan fingerprint density at radius 3 is 2.56 bits per heavy atom. The van der Waals surface area contributed by atoms with E-state index in [-0.39, 0.29) is 23.9 Å². The first-order chi connectivity index (χ1) is 18.5. The lowest BCUT2D eigenvalue weighted by Crippen LogP contribution is -2.51. The maximum atomic E-state index is 12.8. The van der Waals surface area contributed by atoms with E-state index in [0.29, 0.717) is 16.8 Å². The fourth-order valence-electron chi connectivity index (χ4n) is 9.91. The minimum absolute atomic E-state index is 0.0141. The fourth-order valence-corrected chi connectivity index (χ4v) is 9.91. The zero-order valence-corrected chi connectivity index (χ0v) is 25.3. The third-order valence-corrected chi connectivity index (χ3v) is 12.1. The average molecular weight is 535 g/mol. The van der Waals surface area contributed by atoms with Crippen LogP contribution in [0.4, 0.5) is 11.4 Å². The number of rotatable bonds is 8. The lowest BCUT2D eigenvalue weighted by molar-refractivity contribution is -0.150. The molecule has 0 saturated heterocycles. The van der Waals surface area contributed by atoms with E-state index in [9.17, 15) is 4.79 Å². The van der Waals surface area contributed by atoms with Crippen molar-refractivity contribution in [3.63, 3.8) is 0 Å². The number of benzene rings is 1. The van der Waals surface area contributed by atoms with Gasteiger partial charge in [0.05, 0.1) is 6.42 Å². The Morgan fingerprint density at radius 1 is 1.03 bits per heavy atom. The topological polar surface area (TPSA) is 78.3 Å². The summed E-state index contributed by atoms with van der Waals surface area (Å²) in [4.78, 5) is 12.8. The maximum Gasteiger partial charge on any atom is 0.310 e. The molecule has 0 radical (unpaired) electrons. The van der Waals surface area contributed by atoms with Gasteiger partial charge in [0.2, 0.25) is 0 Å². The van der Waals surface area contributed by atoms with Crippen LogP contribution >= 0.6 is 0 Å². The van der Waals surface area contributed by atoms with Crippen LogP contribution in [0.25, 0.3) is 0 Å². The molecule has 4 N–H and O–H groups in total. The summed E-state index contributed by atoms with van der Waals surface area (Å²) in [6.07, 6.45) is 16.9.